The topological polar surface area (TPSA) is 85.1 Å². The summed E-state index contributed by atoms with van der Waals surface area (Å²) >= 11 is 5.76. The Kier molecular flexibility index (Phi) is 4.08. The molecule has 108 valence electrons. The molecule has 0 unspecified atom stereocenters. The summed E-state index contributed by atoms with van der Waals surface area (Å²) in [5.41, 5.74) is -1.75. The standard InChI is InChI=1S/C12H6ClF2N3O3/c13-7-2-1-3-16-11(7)17-12(19)6-4-9(15)10(18(20)21)5-8(6)14/h1-5H,(H,16,17,19). The first kappa shape index (κ1) is 14.8. The molecule has 1 amide bonds. The molecule has 0 bridgehead atoms. The fraction of sp³-hybridized carbons (Fsp3) is 0. The van der Waals surface area contributed by atoms with Gasteiger partial charge in [-0.25, -0.2) is 9.37 Å². The van der Waals surface area contributed by atoms with Crippen molar-refractivity contribution in [2.45, 2.75) is 0 Å². The highest BCUT2D eigenvalue weighted by Crippen LogP contribution is 2.23. The van der Waals surface area contributed by atoms with Gasteiger partial charge < -0.3 is 5.32 Å². The number of halogens is 3. The summed E-state index contributed by atoms with van der Waals surface area (Å²) in [4.78, 5) is 25.0. The molecule has 2 aromatic rings. The Morgan fingerprint density at radius 1 is 1.33 bits per heavy atom. The Labute approximate surface area is 121 Å². The summed E-state index contributed by atoms with van der Waals surface area (Å²) in [6.07, 6.45) is 1.34. The van der Waals surface area contributed by atoms with Crippen molar-refractivity contribution in [2.75, 3.05) is 5.32 Å². The molecule has 0 spiro atoms. The second-order valence-corrected chi connectivity index (χ2v) is 4.24. The predicted octanol–water partition coefficient (Wildman–Crippen LogP) is 3.17. The summed E-state index contributed by atoms with van der Waals surface area (Å²) in [6, 6.07) is 3.74. The molecule has 0 saturated heterocycles. The number of aromatic nitrogens is 1. The fourth-order valence-electron chi connectivity index (χ4n) is 1.50. The van der Waals surface area contributed by atoms with E-state index in [1.807, 2.05) is 0 Å². The summed E-state index contributed by atoms with van der Waals surface area (Å²) in [6.45, 7) is 0. The van der Waals surface area contributed by atoms with E-state index in [1.54, 1.807) is 0 Å². The number of carbonyl (C=O) groups excluding carboxylic acids is 1. The van der Waals surface area contributed by atoms with Crippen LogP contribution in [0.15, 0.2) is 30.5 Å². The van der Waals surface area contributed by atoms with Gasteiger partial charge in [0.1, 0.15) is 5.82 Å². The summed E-state index contributed by atoms with van der Waals surface area (Å²) in [5, 5.41) is 12.8. The quantitative estimate of drug-likeness (QED) is 0.696. The summed E-state index contributed by atoms with van der Waals surface area (Å²) in [5.74, 6) is -3.62. The average Bonchev–Trinajstić information content (AvgIpc) is 2.43. The molecule has 1 aromatic heterocycles. The van der Waals surface area contributed by atoms with Crippen molar-refractivity contribution >= 4 is 29.0 Å². The van der Waals surface area contributed by atoms with Crippen molar-refractivity contribution in [1.29, 1.82) is 0 Å². The molecular weight excluding hydrogens is 308 g/mol. The van der Waals surface area contributed by atoms with Gasteiger partial charge in [-0.15, -0.1) is 0 Å². The van der Waals surface area contributed by atoms with Gasteiger partial charge in [0.25, 0.3) is 5.91 Å². The SMILES string of the molecule is O=C(Nc1ncccc1Cl)c1cc(F)c([N+](=O)[O-])cc1F. The van der Waals surface area contributed by atoms with Crippen molar-refractivity contribution in [3.8, 4) is 0 Å². The molecule has 0 saturated carbocycles. The van der Waals surface area contributed by atoms with E-state index in [9.17, 15) is 23.7 Å². The highest BCUT2D eigenvalue weighted by Gasteiger charge is 2.22. The van der Waals surface area contributed by atoms with Crippen LogP contribution in [0.1, 0.15) is 10.4 Å². The first-order chi connectivity index (χ1) is 9.90. The smallest absolute Gasteiger partial charge is 0.305 e. The van der Waals surface area contributed by atoms with Gasteiger partial charge in [0, 0.05) is 6.20 Å². The van der Waals surface area contributed by atoms with Gasteiger partial charge in [0.2, 0.25) is 5.82 Å². The first-order valence-corrected chi connectivity index (χ1v) is 5.83. The number of pyridine rings is 1. The molecule has 0 aliphatic heterocycles. The number of hydrogen-bond donors (Lipinski definition) is 1. The molecule has 6 nitrogen and oxygen atoms in total. The molecule has 1 heterocycles. The lowest BCUT2D eigenvalue weighted by atomic mass is 10.1. The lowest BCUT2D eigenvalue weighted by Crippen LogP contribution is -2.15. The van der Waals surface area contributed by atoms with E-state index >= 15 is 0 Å². The highest BCUT2D eigenvalue weighted by atomic mass is 35.5. The van der Waals surface area contributed by atoms with Gasteiger partial charge in [0.15, 0.2) is 5.82 Å². The lowest BCUT2D eigenvalue weighted by molar-refractivity contribution is -0.387. The minimum atomic E-state index is -1.32. The number of nitrogens with zero attached hydrogens (tertiary/aromatic N) is 2. The van der Waals surface area contributed by atoms with Gasteiger partial charge in [0.05, 0.1) is 21.6 Å². The number of anilines is 1. The van der Waals surface area contributed by atoms with E-state index in [0.29, 0.717) is 12.1 Å². The van der Waals surface area contributed by atoms with Gasteiger partial charge >= 0.3 is 5.69 Å². The Morgan fingerprint density at radius 2 is 2.05 bits per heavy atom. The molecule has 1 N–H and O–H groups in total. The second-order valence-electron chi connectivity index (χ2n) is 3.83. The zero-order valence-electron chi connectivity index (χ0n) is 10.1. The van der Waals surface area contributed by atoms with Crippen LogP contribution in [-0.4, -0.2) is 15.8 Å². The summed E-state index contributed by atoms with van der Waals surface area (Å²) in [7, 11) is 0. The van der Waals surface area contributed by atoms with Crippen LogP contribution in [-0.2, 0) is 0 Å². The maximum Gasteiger partial charge on any atom is 0.307 e. The zero-order valence-corrected chi connectivity index (χ0v) is 10.9. The van der Waals surface area contributed by atoms with Gasteiger partial charge in [-0.2, -0.15) is 4.39 Å². The minimum Gasteiger partial charge on any atom is -0.305 e. The predicted molar refractivity (Wildman–Crippen MR) is 70.2 cm³/mol. The largest absolute Gasteiger partial charge is 0.307 e. The molecule has 0 aliphatic carbocycles. The number of rotatable bonds is 3. The van der Waals surface area contributed by atoms with E-state index in [4.69, 9.17) is 11.6 Å². The molecule has 21 heavy (non-hydrogen) atoms. The second kappa shape index (κ2) is 5.80. The third-order valence-electron chi connectivity index (χ3n) is 2.47. The number of nitro benzene ring substituents is 1. The van der Waals surface area contributed by atoms with Crippen LogP contribution in [0.2, 0.25) is 5.02 Å². The third-order valence-corrected chi connectivity index (χ3v) is 2.77. The van der Waals surface area contributed by atoms with Crippen LogP contribution in [0.5, 0.6) is 0 Å². The number of hydrogen-bond acceptors (Lipinski definition) is 4. The van der Waals surface area contributed by atoms with Crippen molar-refractivity contribution in [3.63, 3.8) is 0 Å². The minimum absolute atomic E-state index is 0.0395. The number of nitrogens with one attached hydrogen (secondary N) is 1. The van der Waals surface area contributed by atoms with Crippen molar-refractivity contribution < 1.29 is 18.5 Å². The van der Waals surface area contributed by atoms with Crippen LogP contribution >= 0.6 is 11.6 Å². The molecular formula is C12H6ClF2N3O3. The molecule has 0 fully saturated rings. The Bertz CT molecular complexity index is 740. The number of amides is 1. The van der Waals surface area contributed by atoms with Crippen LogP contribution in [0.3, 0.4) is 0 Å². The molecule has 0 aliphatic rings. The highest BCUT2D eigenvalue weighted by molar-refractivity contribution is 6.33. The Morgan fingerprint density at radius 3 is 2.67 bits per heavy atom. The van der Waals surface area contributed by atoms with E-state index in [2.05, 4.69) is 10.3 Å². The van der Waals surface area contributed by atoms with Crippen LogP contribution in [0.25, 0.3) is 0 Å². The first-order valence-electron chi connectivity index (χ1n) is 5.45. The summed E-state index contributed by atoms with van der Waals surface area (Å²) < 4.78 is 27.1. The maximum atomic E-state index is 13.7. The van der Waals surface area contributed by atoms with Crippen LogP contribution in [0.4, 0.5) is 20.3 Å². The van der Waals surface area contributed by atoms with Crippen LogP contribution < -0.4 is 5.32 Å². The maximum absolute atomic E-state index is 13.7. The number of benzene rings is 1. The van der Waals surface area contributed by atoms with Crippen LogP contribution in [0, 0.1) is 21.7 Å². The van der Waals surface area contributed by atoms with E-state index in [1.165, 1.54) is 18.3 Å². The number of carbonyl (C=O) groups is 1. The van der Waals surface area contributed by atoms with Gasteiger partial charge in [-0.1, -0.05) is 11.6 Å². The molecule has 0 atom stereocenters. The lowest BCUT2D eigenvalue weighted by Gasteiger charge is -2.07. The van der Waals surface area contributed by atoms with Gasteiger partial charge in [-0.05, 0) is 18.2 Å². The molecule has 0 radical (unpaired) electrons. The Balaban J connectivity index is 2.34. The Hall–Kier alpha value is -2.61. The van der Waals surface area contributed by atoms with Crippen molar-refractivity contribution in [3.05, 3.63) is 62.8 Å². The average molecular weight is 314 g/mol. The molecule has 1 aromatic carbocycles. The van der Waals surface area contributed by atoms with Gasteiger partial charge in [-0.3, -0.25) is 14.9 Å². The van der Waals surface area contributed by atoms with Crippen molar-refractivity contribution in [1.82, 2.24) is 4.98 Å². The monoisotopic (exact) mass is 313 g/mol. The number of nitro groups is 1. The van der Waals surface area contributed by atoms with E-state index in [-0.39, 0.29) is 10.8 Å². The van der Waals surface area contributed by atoms with E-state index in [0.717, 1.165) is 0 Å². The van der Waals surface area contributed by atoms with E-state index < -0.39 is 33.7 Å². The van der Waals surface area contributed by atoms with Crippen molar-refractivity contribution in [2.24, 2.45) is 0 Å². The fourth-order valence-corrected chi connectivity index (χ4v) is 1.67. The molecule has 9 heteroatoms. The zero-order chi connectivity index (χ0) is 15.6. The third kappa shape index (κ3) is 3.11. The molecule has 2 rings (SSSR count). The normalized spacial score (nSPS) is 10.2.